The molecule has 3 aromatic heterocycles. The molecule has 1 aliphatic carbocycles. The highest BCUT2D eigenvalue weighted by molar-refractivity contribution is 5.99. The van der Waals surface area contributed by atoms with Crippen LogP contribution >= 0.6 is 0 Å². The van der Waals surface area contributed by atoms with Gasteiger partial charge in [0.25, 0.3) is 17.7 Å². The summed E-state index contributed by atoms with van der Waals surface area (Å²) in [6.07, 6.45) is 1.08. The molecule has 0 radical (unpaired) electrons. The topological polar surface area (TPSA) is 147 Å². The number of benzene rings is 2. The van der Waals surface area contributed by atoms with Crippen LogP contribution in [-0.2, 0) is 11.3 Å². The van der Waals surface area contributed by atoms with E-state index in [-0.39, 0.29) is 17.5 Å². The number of rotatable bonds is 9. The van der Waals surface area contributed by atoms with Crippen LogP contribution in [-0.4, -0.2) is 51.4 Å². The smallest absolute Gasteiger partial charge is 0.290 e. The third-order valence-corrected chi connectivity index (χ3v) is 6.86. The van der Waals surface area contributed by atoms with Crippen LogP contribution in [0.3, 0.4) is 0 Å². The largest absolute Gasteiger partial charge is 0.497 e. The van der Waals surface area contributed by atoms with E-state index in [1.807, 2.05) is 53.1 Å². The molecule has 40 heavy (non-hydrogen) atoms. The van der Waals surface area contributed by atoms with Gasteiger partial charge < -0.3 is 33.7 Å². The summed E-state index contributed by atoms with van der Waals surface area (Å²) in [5.41, 5.74) is 2.52. The quantitative estimate of drug-likeness (QED) is 0.285. The zero-order chi connectivity index (χ0) is 27.9. The highest BCUT2D eigenvalue weighted by atomic mass is 16.5. The third kappa shape index (κ3) is 4.64. The van der Waals surface area contributed by atoms with Crippen LogP contribution in [0.2, 0.25) is 0 Å². The van der Waals surface area contributed by atoms with Gasteiger partial charge in [-0.2, -0.15) is 4.98 Å². The highest BCUT2D eigenvalue weighted by Gasteiger charge is 2.51. The number of hydrogen-bond donors (Lipinski definition) is 2. The number of fused-ring (bicyclic) bond motifs is 1. The minimum atomic E-state index is -0.959. The molecule has 0 bridgehead atoms. The van der Waals surface area contributed by atoms with Gasteiger partial charge in [0.05, 0.1) is 25.8 Å². The molecule has 2 N–H and O–H groups in total. The lowest BCUT2D eigenvalue weighted by Gasteiger charge is -2.16. The number of nitrogens with zero attached hydrogens (tertiary/aromatic N) is 4. The van der Waals surface area contributed by atoms with E-state index in [0.29, 0.717) is 31.1 Å². The lowest BCUT2D eigenvalue weighted by Crippen LogP contribution is -2.48. The Hall–Kier alpha value is -5.13. The normalized spacial score (nSPS) is 13.7. The van der Waals surface area contributed by atoms with E-state index >= 15 is 0 Å². The molecule has 1 saturated carbocycles. The predicted octanol–water partition coefficient (Wildman–Crippen LogP) is 3.57. The standard InChI is InChI=1S/C28H26N6O6/c1-16-30-26(40-32-16)22-13-18-12-20(37-2)8-9-21(18)34(22)19-6-4-17(5-7-19)15-29-27(36)28(10-11-28)31-25(35)23-14-24(38-3)33-39-23/h4-9,12-14H,10-11,15H2,1-3H3,(H,29,36)(H,31,35). The molecule has 2 amide bonds. The Morgan fingerprint density at radius 2 is 1.80 bits per heavy atom. The number of hydrogen-bond acceptors (Lipinski definition) is 9. The van der Waals surface area contributed by atoms with Gasteiger partial charge >= 0.3 is 0 Å². The Balaban J connectivity index is 1.18. The Morgan fingerprint density at radius 1 is 1.00 bits per heavy atom. The van der Waals surface area contributed by atoms with Gasteiger partial charge in [-0.15, -0.1) is 0 Å². The number of carbonyl (C=O) groups excluding carboxylic acids is 2. The fraction of sp³-hybridized carbons (Fsp3) is 0.250. The first kappa shape index (κ1) is 25.2. The van der Waals surface area contributed by atoms with Crippen LogP contribution in [0.5, 0.6) is 11.6 Å². The van der Waals surface area contributed by atoms with Crippen LogP contribution in [0.15, 0.2) is 63.6 Å². The fourth-order valence-electron chi connectivity index (χ4n) is 4.55. The minimum Gasteiger partial charge on any atom is -0.497 e. The zero-order valence-electron chi connectivity index (χ0n) is 22.1. The molecule has 204 valence electrons. The summed E-state index contributed by atoms with van der Waals surface area (Å²) in [6, 6.07) is 17.0. The van der Waals surface area contributed by atoms with Gasteiger partial charge in [0.2, 0.25) is 11.7 Å². The number of nitrogens with one attached hydrogen (secondary N) is 2. The number of ether oxygens (including phenoxy) is 2. The fourth-order valence-corrected chi connectivity index (χ4v) is 4.55. The second-order valence-corrected chi connectivity index (χ2v) is 9.56. The third-order valence-electron chi connectivity index (χ3n) is 6.86. The molecule has 0 unspecified atom stereocenters. The maximum Gasteiger partial charge on any atom is 0.290 e. The second-order valence-electron chi connectivity index (χ2n) is 9.56. The van der Waals surface area contributed by atoms with E-state index in [1.165, 1.54) is 13.2 Å². The predicted molar refractivity (Wildman–Crippen MR) is 142 cm³/mol. The van der Waals surface area contributed by atoms with Gasteiger partial charge in [-0.05, 0) is 66.9 Å². The maximum absolute atomic E-state index is 13.0. The second kappa shape index (κ2) is 9.88. The van der Waals surface area contributed by atoms with Crippen molar-refractivity contribution in [2.45, 2.75) is 31.8 Å². The number of aromatic nitrogens is 4. The molecule has 2 aromatic carbocycles. The summed E-state index contributed by atoms with van der Waals surface area (Å²) in [7, 11) is 3.05. The number of aryl methyl sites for hydroxylation is 1. The Labute approximate surface area is 228 Å². The van der Waals surface area contributed by atoms with E-state index in [1.54, 1.807) is 14.0 Å². The first-order chi connectivity index (χ1) is 19.4. The molecular weight excluding hydrogens is 516 g/mol. The van der Waals surface area contributed by atoms with Crippen molar-refractivity contribution in [2.24, 2.45) is 0 Å². The monoisotopic (exact) mass is 542 g/mol. The lowest BCUT2D eigenvalue weighted by atomic mass is 10.1. The molecule has 0 saturated heterocycles. The summed E-state index contributed by atoms with van der Waals surface area (Å²) in [5, 5.41) is 14.2. The van der Waals surface area contributed by atoms with Crippen molar-refractivity contribution in [1.82, 2.24) is 30.5 Å². The number of amides is 2. The van der Waals surface area contributed by atoms with E-state index in [4.69, 9.17) is 18.5 Å². The van der Waals surface area contributed by atoms with E-state index in [2.05, 4.69) is 25.9 Å². The molecule has 3 heterocycles. The van der Waals surface area contributed by atoms with Crippen molar-refractivity contribution in [3.05, 3.63) is 71.7 Å². The molecule has 12 nitrogen and oxygen atoms in total. The first-order valence-electron chi connectivity index (χ1n) is 12.6. The summed E-state index contributed by atoms with van der Waals surface area (Å²) in [6.45, 7) is 2.07. The average Bonchev–Trinajstić information content (AvgIpc) is 3.30. The van der Waals surface area contributed by atoms with Gasteiger partial charge in [-0.3, -0.25) is 9.59 Å². The number of methoxy groups -OCH3 is 2. The van der Waals surface area contributed by atoms with Crippen LogP contribution in [0.1, 0.15) is 34.8 Å². The van der Waals surface area contributed by atoms with Crippen molar-refractivity contribution in [2.75, 3.05) is 14.2 Å². The molecule has 0 atom stereocenters. The highest BCUT2D eigenvalue weighted by Crippen LogP contribution is 2.36. The Bertz CT molecular complexity index is 1710. The van der Waals surface area contributed by atoms with Crippen molar-refractivity contribution >= 4 is 22.7 Å². The summed E-state index contributed by atoms with van der Waals surface area (Å²) in [5.74, 6) is 1.10. The number of carbonyl (C=O) groups is 2. The molecule has 1 fully saturated rings. The molecule has 12 heteroatoms. The van der Waals surface area contributed by atoms with Gasteiger partial charge in [0.1, 0.15) is 17.0 Å². The SMILES string of the molecule is COc1ccc2c(c1)cc(-c1nc(C)no1)n2-c1ccc(CNC(=O)C2(NC(=O)c3cc(OC)no3)CC2)cc1. The lowest BCUT2D eigenvalue weighted by molar-refractivity contribution is -0.124. The van der Waals surface area contributed by atoms with Gasteiger partial charge in [0, 0.05) is 17.6 Å². The van der Waals surface area contributed by atoms with Crippen molar-refractivity contribution in [3.8, 4) is 28.9 Å². The van der Waals surface area contributed by atoms with Crippen LogP contribution in [0.4, 0.5) is 0 Å². The van der Waals surface area contributed by atoms with Crippen LogP contribution < -0.4 is 20.1 Å². The van der Waals surface area contributed by atoms with Crippen molar-refractivity contribution in [3.63, 3.8) is 0 Å². The van der Waals surface area contributed by atoms with Crippen LogP contribution in [0.25, 0.3) is 28.2 Å². The Kier molecular flexibility index (Phi) is 6.21. The average molecular weight is 543 g/mol. The molecular formula is C28H26N6O6. The molecule has 5 aromatic rings. The minimum absolute atomic E-state index is 0.0162. The van der Waals surface area contributed by atoms with E-state index in [0.717, 1.165) is 33.6 Å². The van der Waals surface area contributed by atoms with Crippen LogP contribution in [0, 0.1) is 6.92 Å². The maximum atomic E-state index is 13.0. The van der Waals surface area contributed by atoms with Gasteiger partial charge in [-0.1, -0.05) is 17.3 Å². The summed E-state index contributed by atoms with van der Waals surface area (Å²) < 4.78 is 22.8. The molecule has 0 aliphatic heterocycles. The zero-order valence-corrected chi connectivity index (χ0v) is 22.1. The molecule has 1 aliphatic rings. The van der Waals surface area contributed by atoms with Gasteiger partial charge in [0.15, 0.2) is 5.82 Å². The van der Waals surface area contributed by atoms with E-state index < -0.39 is 11.4 Å². The first-order valence-corrected chi connectivity index (χ1v) is 12.6. The molecule has 0 spiro atoms. The summed E-state index contributed by atoms with van der Waals surface area (Å²) in [4.78, 5) is 29.9. The molecule has 6 rings (SSSR count). The van der Waals surface area contributed by atoms with Crippen molar-refractivity contribution in [1.29, 1.82) is 0 Å². The van der Waals surface area contributed by atoms with Gasteiger partial charge in [-0.25, -0.2) is 0 Å². The van der Waals surface area contributed by atoms with Crippen molar-refractivity contribution < 1.29 is 28.1 Å². The van der Waals surface area contributed by atoms with E-state index in [9.17, 15) is 9.59 Å². The Morgan fingerprint density at radius 3 is 2.45 bits per heavy atom. The summed E-state index contributed by atoms with van der Waals surface area (Å²) >= 11 is 0.